The lowest BCUT2D eigenvalue weighted by Crippen LogP contribution is -2.12. The van der Waals surface area contributed by atoms with Crippen molar-refractivity contribution >= 4 is 11.8 Å². The Bertz CT molecular complexity index is 870. The molecule has 0 fully saturated rings. The maximum atomic E-state index is 11.1. The van der Waals surface area contributed by atoms with E-state index < -0.39 is 0 Å². The topological polar surface area (TPSA) is 40.5 Å². The minimum absolute atomic E-state index is 0.0504. The van der Waals surface area contributed by atoms with Crippen LogP contribution in [0.3, 0.4) is 0 Å². The summed E-state index contributed by atoms with van der Waals surface area (Å²) in [5, 5.41) is 22.2. The van der Waals surface area contributed by atoms with Crippen molar-refractivity contribution in [2.24, 2.45) is 0 Å². The van der Waals surface area contributed by atoms with Gasteiger partial charge < -0.3 is 10.2 Å². The highest BCUT2D eigenvalue weighted by atomic mass is 32.2. The van der Waals surface area contributed by atoms with Gasteiger partial charge in [0, 0.05) is 22.6 Å². The predicted octanol–water partition coefficient (Wildman–Crippen LogP) is 8.57. The van der Waals surface area contributed by atoms with E-state index in [1.54, 1.807) is 11.8 Å². The molecule has 0 atom stereocenters. The average molecular weight is 469 g/mol. The van der Waals surface area contributed by atoms with Crippen molar-refractivity contribution in [1.29, 1.82) is 0 Å². The number of benzene rings is 2. The fourth-order valence-corrected chi connectivity index (χ4v) is 5.58. The molecule has 0 amide bonds. The van der Waals surface area contributed by atoms with Gasteiger partial charge in [-0.1, -0.05) is 91.5 Å². The van der Waals surface area contributed by atoms with Crippen LogP contribution in [0.5, 0.6) is 11.5 Å². The first-order chi connectivity index (χ1) is 15.5. The van der Waals surface area contributed by atoms with Gasteiger partial charge in [-0.15, -0.1) is 0 Å². The lowest BCUT2D eigenvalue weighted by atomic mass is 9.84. The summed E-state index contributed by atoms with van der Waals surface area (Å²) in [4.78, 5) is 0. The molecule has 2 aromatic carbocycles. The normalized spacial score (nSPS) is 16.9. The van der Waals surface area contributed by atoms with Gasteiger partial charge in [0.05, 0.1) is 0 Å². The van der Waals surface area contributed by atoms with Crippen molar-refractivity contribution < 1.29 is 10.2 Å². The van der Waals surface area contributed by atoms with Crippen LogP contribution in [0.2, 0.25) is 0 Å². The molecule has 1 aliphatic heterocycles. The van der Waals surface area contributed by atoms with Gasteiger partial charge in [-0.05, 0) is 58.8 Å². The number of aromatic hydroxyl groups is 2. The number of aryl methyl sites for hydroxylation is 2. The summed E-state index contributed by atoms with van der Waals surface area (Å²) in [6, 6.07) is 8.83. The molecule has 4 bridgehead atoms. The van der Waals surface area contributed by atoms with Crippen LogP contribution in [-0.2, 0) is 35.2 Å². The Hall–Kier alpha value is -1.61. The molecule has 0 saturated heterocycles. The Morgan fingerprint density at radius 1 is 0.545 bits per heavy atom. The largest absolute Gasteiger partial charge is 0.507 e. The Morgan fingerprint density at radius 3 is 1.24 bits per heavy atom. The summed E-state index contributed by atoms with van der Waals surface area (Å²) in [7, 11) is 0. The molecule has 3 rings (SSSR count). The summed E-state index contributed by atoms with van der Waals surface area (Å²) in [5.74, 6) is 2.45. The van der Waals surface area contributed by atoms with Crippen molar-refractivity contribution in [3.05, 3.63) is 57.6 Å². The number of fused-ring (bicyclic) bond motifs is 4. The van der Waals surface area contributed by atoms with Crippen molar-refractivity contribution in [2.45, 2.75) is 115 Å². The van der Waals surface area contributed by atoms with Crippen LogP contribution >= 0.6 is 11.8 Å². The van der Waals surface area contributed by atoms with Gasteiger partial charge in [0.15, 0.2) is 0 Å². The zero-order valence-electron chi connectivity index (χ0n) is 21.7. The predicted molar refractivity (Wildman–Crippen MR) is 144 cm³/mol. The Kier molecular flexibility index (Phi) is 8.48. The maximum absolute atomic E-state index is 11.1. The third-order valence-electron chi connectivity index (χ3n) is 6.92. The van der Waals surface area contributed by atoms with Gasteiger partial charge in [-0.3, -0.25) is 0 Å². The Morgan fingerprint density at radius 2 is 0.879 bits per heavy atom. The molecule has 2 aromatic rings. The molecule has 1 aliphatic rings. The number of thioether (sulfide) groups is 1. The van der Waals surface area contributed by atoms with Gasteiger partial charge in [-0.2, -0.15) is 11.8 Å². The molecular weight excluding hydrogens is 424 g/mol. The minimum atomic E-state index is 0.0504. The molecule has 0 radical (unpaired) electrons. The number of phenolic OH excluding ortho intramolecular Hbond substituents is 2. The van der Waals surface area contributed by atoms with Crippen LogP contribution in [0.25, 0.3) is 0 Å². The molecule has 0 saturated carbocycles. The fraction of sp³-hybridized carbons (Fsp3) is 0.600. The summed E-state index contributed by atoms with van der Waals surface area (Å²) < 4.78 is 0. The second-order valence-electron chi connectivity index (χ2n) is 11.9. The van der Waals surface area contributed by atoms with E-state index in [1.807, 2.05) is 0 Å². The van der Waals surface area contributed by atoms with Crippen molar-refractivity contribution in [3.8, 4) is 11.5 Å². The monoisotopic (exact) mass is 468 g/mol. The SMILES string of the molecule is CC(C)(C)c1cc2c(O)c(c1)CSCc1cc(C(C)(C)C)cc(c1O)CCCCCCCC2. The van der Waals surface area contributed by atoms with E-state index >= 15 is 0 Å². The number of rotatable bonds is 0. The summed E-state index contributed by atoms with van der Waals surface area (Å²) in [6.07, 6.45) is 9.04. The quantitative estimate of drug-likeness (QED) is 0.407. The first-order valence-corrected chi connectivity index (χ1v) is 13.9. The number of hydrogen-bond donors (Lipinski definition) is 2. The Balaban J connectivity index is 1.95. The van der Waals surface area contributed by atoms with Gasteiger partial charge >= 0.3 is 0 Å². The van der Waals surface area contributed by atoms with Crippen LogP contribution in [0, 0.1) is 0 Å². The number of hydrogen-bond acceptors (Lipinski definition) is 3. The standard InChI is InChI=1S/C30H44O2S/c1-29(2,3)25-15-21-13-11-9-7-8-10-12-14-22-16-26(30(4,5)6)18-24(28(22)32)20-33-19-23(17-25)27(21)31/h15-18,31-32H,7-14,19-20H2,1-6H3. The molecule has 1 heterocycles. The third-order valence-corrected chi connectivity index (χ3v) is 7.96. The molecule has 182 valence electrons. The van der Waals surface area contributed by atoms with Crippen molar-refractivity contribution in [3.63, 3.8) is 0 Å². The second kappa shape index (κ2) is 10.8. The molecule has 2 N–H and O–H groups in total. The van der Waals surface area contributed by atoms with E-state index in [4.69, 9.17) is 0 Å². The van der Waals surface area contributed by atoms with E-state index in [2.05, 4.69) is 65.8 Å². The zero-order valence-corrected chi connectivity index (χ0v) is 22.5. The van der Waals surface area contributed by atoms with Crippen molar-refractivity contribution in [2.75, 3.05) is 0 Å². The highest BCUT2D eigenvalue weighted by Gasteiger charge is 2.21. The lowest BCUT2D eigenvalue weighted by molar-refractivity contribution is 0.458. The summed E-state index contributed by atoms with van der Waals surface area (Å²) in [5.41, 5.74) is 6.94. The van der Waals surface area contributed by atoms with E-state index in [1.165, 1.54) is 36.8 Å². The van der Waals surface area contributed by atoms with Crippen LogP contribution in [0.15, 0.2) is 24.3 Å². The molecular formula is C30H44O2S. The molecule has 2 nitrogen and oxygen atoms in total. The van der Waals surface area contributed by atoms with Crippen LogP contribution in [0.1, 0.15) is 113 Å². The molecule has 0 spiro atoms. The number of phenols is 2. The molecule has 0 unspecified atom stereocenters. The van der Waals surface area contributed by atoms with E-state index in [-0.39, 0.29) is 10.8 Å². The zero-order chi connectivity index (χ0) is 24.2. The highest BCUT2D eigenvalue weighted by molar-refractivity contribution is 7.97. The molecule has 33 heavy (non-hydrogen) atoms. The first-order valence-electron chi connectivity index (χ1n) is 12.7. The van der Waals surface area contributed by atoms with Gasteiger partial charge in [0.1, 0.15) is 11.5 Å². The fourth-order valence-electron chi connectivity index (χ4n) is 4.60. The van der Waals surface area contributed by atoms with Crippen LogP contribution < -0.4 is 0 Å². The Labute approximate surface area is 206 Å². The highest BCUT2D eigenvalue weighted by Crippen LogP contribution is 2.37. The second-order valence-corrected chi connectivity index (χ2v) is 12.9. The smallest absolute Gasteiger partial charge is 0.122 e. The van der Waals surface area contributed by atoms with Gasteiger partial charge in [0.25, 0.3) is 0 Å². The minimum Gasteiger partial charge on any atom is -0.507 e. The van der Waals surface area contributed by atoms with E-state index in [0.29, 0.717) is 11.5 Å². The third kappa shape index (κ3) is 6.94. The van der Waals surface area contributed by atoms with E-state index in [9.17, 15) is 10.2 Å². The van der Waals surface area contributed by atoms with Gasteiger partial charge in [0.2, 0.25) is 0 Å². The summed E-state index contributed by atoms with van der Waals surface area (Å²) in [6.45, 7) is 13.5. The van der Waals surface area contributed by atoms with E-state index in [0.717, 1.165) is 59.4 Å². The molecule has 0 aliphatic carbocycles. The first kappa shape index (κ1) is 26.0. The van der Waals surface area contributed by atoms with Gasteiger partial charge in [-0.25, -0.2) is 0 Å². The molecule has 3 heteroatoms. The maximum Gasteiger partial charge on any atom is 0.122 e. The van der Waals surface area contributed by atoms with Crippen molar-refractivity contribution in [1.82, 2.24) is 0 Å². The van der Waals surface area contributed by atoms with Crippen LogP contribution in [-0.4, -0.2) is 10.2 Å². The average Bonchev–Trinajstić information content (AvgIpc) is 2.71. The van der Waals surface area contributed by atoms with Crippen LogP contribution in [0.4, 0.5) is 0 Å². The lowest BCUT2D eigenvalue weighted by Gasteiger charge is -2.23. The summed E-state index contributed by atoms with van der Waals surface area (Å²) >= 11 is 1.78. The molecule has 0 aromatic heterocycles.